The van der Waals surface area contributed by atoms with Crippen LogP contribution in [0.2, 0.25) is 0 Å². The zero-order chi connectivity index (χ0) is 38.1. The minimum absolute atomic E-state index is 0.0864. The highest BCUT2D eigenvalue weighted by molar-refractivity contribution is 5.98. The van der Waals surface area contributed by atoms with E-state index in [0.29, 0.717) is 32.1 Å². The highest BCUT2D eigenvalue weighted by Gasteiger charge is 2.51. The summed E-state index contributed by atoms with van der Waals surface area (Å²) in [5, 5.41) is 17.5. The van der Waals surface area contributed by atoms with Gasteiger partial charge in [-0.2, -0.15) is 18.4 Å². The van der Waals surface area contributed by atoms with E-state index in [0.717, 1.165) is 30.2 Å². The van der Waals surface area contributed by atoms with E-state index in [1.807, 2.05) is 61.5 Å². The van der Waals surface area contributed by atoms with Gasteiger partial charge in [0.05, 0.1) is 41.1 Å². The normalized spacial score (nSPS) is 25.1. The second kappa shape index (κ2) is 14.8. The lowest BCUT2D eigenvalue weighted by Crippen LogP contribution is -2.51. The number of benzene rings is 3. The maximum Gasteiger partial charge on any atom is 0.395 e. The second-order valence-corrected chi connectivity index (χ2v) is 15.3. The first-order chi connectivity index (χ1) is 25.1. The van der Waals surface area contributed by atoms with Crippen molar-refractivity contribution in [2.24, 2.45) is 28.6 Å². The Morgan fingerprint density at radius 3 is 2.38 bits per heavy atom. The van der Waals surface area contributed by atoms with Gasteiger partial charge in [0.1, 0.15) is 24.2 Å². The number of fused-ring (bicyclic) bond motifs is 3. The predicted molar refractivity (Wildman–Crippen MR) is 191 cm³/mol. The molecule has 53 heavy (non-hydrogen) atoms. The smallest absolute Gasteiger partial charge is 0.395 e. The number of nitrogens with zero attached hydrogens (tertiary/aromatic N) is 1. The molecule has 0 radical (unpaired) electrons. The van der Waals surface area contributed by atoms with Crippen LogP contribution >= 0.6 is 0 Å². The molecule has 0 saturated heterocycles. The van der Waals surface area contributed by atoms with E-state index in [1.165, 1.54) is 19.2 Å². The molecule has 9 nitrogen and oxygen atoms in total. The maximum atomic E-state index is 13.8. The zero-order valence-electron chi connectivity index (χ0n) is 30.2. The molecule has 3 aromatic carbocycles. The quantitative estimate of drug-likeness (QED) is 0.155. The van der Waals surface area contributed by atoms with Crippen LogP contribution in [0.15, 0.2) is 66.7 Å². The molecule has 2 N–H and O–H groups in total. The summed E-state index contributed by atoms with van der Waals surface area (Å²) in [5.41, 5.74) is -1.66. The van der Waals surface area contributed by atoms with Crippen LogP contribution in [-0.4, -0.2) is 49.8 Å². The molecule has 4 atom stereocenters. The van der Waals surface area contributed by atoms with E-state index in [4.69, 9.17) is 14.2 Å². The average molecular weight is 732 g/mol. The fourth-order valence-corrected chi connectivity index (χ4v) is 7.69. The number of carbonyl (C=O) groups excluding carboxylic acids is 3. The highest BCUT2D eigenvalue weighted by Crippen LogP contribution is 2.45. The second-order valence-electron chi connectivity index (χ2n) is 15.3. The van der Waals surface area contributed by atoms with Crippen molar-refractivity contribution in [3.05, 3.63) is 83.4 Å². The van der Waals surface area contributed by atoms with Crippen molar-refractivity contribution in [2.75, 3.05) is 13.7 Å². The Hall–Kier alpha value is -5.05. The van der Waals surface area contributed by atoms with Crippen molar-refractivity contribution in [1.82, 2.24) is 10.6 Å². The lowest BCUT2D eigenvalue weighted by Gasteiger charge is -2.35. The Morgan fingerprint density at radius 1 is 0.981 bits per heavy atom. The fourth-order valence-electron chi connectivity index (χ4n) is 7.69. The largest absolute Gasteiger partial charge is 0.496 e. The Kier molecular flexibility index (Phi) is 10.5. The third-order valence-corrected chi connectivity index (χ3v) is 11.3. The van der Waals surface area contributed by atoms with Gasteiger partial charge in [-0.3, -0.25) is 14.4 Å². The van der Waals surface area contributed by atoms with E-state index in [1.54, 1.807) is 0 Å². The zero-order valence-corrected chi connectivity index (χ0v) is 30.2. The average Bonchev–Trinajstić information content (AvgIpc) is 3.75. The van der Waals surface area contributed by atoms with Crippen molar-refractivity contribution in [3.63, 3.8) is 0 Å². The number of hydrogen-bond donors (Lipinski definition) is 2. The van der Waals surface area contributed by atoms with Crippen molar-refractivity contribution < 1.29 is 41.8 Å². The topological polar surface area (TPSA) is 127 Å². The summed E-state index contributed by atoms with van der Waals surface area (Å²) in [6.07, 6.45) is 1.56. The highest BCUT2D eigenvalue weighted by atomic mass is 19.4. The number of ether oxygens (including phenoxy) is 3. The number of nitrogens with one attached hydrogen (secondary N) is 2. The third-order valence-electron chi connectivity index (χ3n) is 11.3. The maximum absolute atomic E-state index is 13.8. The lowest BCUT2D eigenvalue weighted by atomic mass is 9.74. The van der Waals surface area contributed by atoms with Crippen molar-refractivity contribution in [3.8, 4) is 17.6 Å². The van der Waals surface area contributed by atoms with Gasteiger partial charge in [-0.05, 0) is 87.1 Å². The Balaban J connectivity index is 1.11. The summed E-state index contributed by atoms with van der Waals surface area (Å²) in [6, 6.07) is 18.2. The van der Waals surface area contributed by atoms with Crippen LogP contribution in [0.3, 0.4) is 0 Å². The van der Waals surface area contributed by atoms with Gasteiger partial charge in [0.25, 0.3) is 5.91 Å². The van der Waals surface area contributed by atoms with Crippen molar-refractivity contribution in [2.45, 2.75) is 77.8 Å². The molecule has 3 aromatic rings. The molecule has 3 aliphatic carbocycles. The van der Waals surface area contributed by atoms with Crippen molar-refractivity contribution in [1.29, 1.82) is 5.26 Å². The van der Waals surface area contributed by atoms with Crippen LogP contribution in [0, 0.1) is 39.9 Å². The van der Waals surface area contributed by atoms with Gasteiger partial charge in [0.2, 0.25) is 5.91 Å². The molecule has 0 aromatic heterocycles. The standard InChI is InChI=1S/C41H44F3N3O6/c1-39(2,41(42,43)44)23-46-37(49)34-25-12-13-26(18-25)35(34)47-36(48)31-20-32(28(21-45)19-33(31)51-4)53-29-14-16-40(3,17-15-29)38(50)52-22-27-10-7-9-24-8-5-6-11-30(24)27/h5-13,19-20,25-26,29,34-35H,14-18,22-23H2,1-4H3,(H,46,49)(H,47,48)/t25-,26+,29-,34-,35+,40+/m0/s1. The van der Waals surface area contributed by atoms with Crippen molar-refractivity contribution >= 4 is 28.6 Å². The number of nitriles is 1. The predicted octanol–water partition coefficient (Wildman–Crippen LogP) is 7.42. The number of methoxy groups -OCH3 is 1. The van der Waals surface area contributed by atoms with E-state index in [-0.39, 0.29) is 53.1 Å². The van der Waals surface area contributed by atoms with E-state index >= 15 is 0 Å². The first-order valence-electron chi connectivity index (χ1n) is 17.9. The minimum atomic E-state index is -4.50. The van der Waals surface area contributed by atoms with Crippen LogP contribution in [0.1, 0.15) is 74.4 Å². The summed E-state index contributed by atoms with van der Waals surface area (Å²) in [5.74, 6) is -2.25. The molecular weight excluding hydrogens is 687 g/mol. The number of hydrogen-bond acceptors (Lipinski definition) is 7. The lowest BCUT2D eigenvalue weighted by molar-refractivity contribution is -0.209. The number of carbonyl (C=O) groups is 3. The molecule has 0 aliphatic heterocycles. The molecule has 0 spiro atoms. The summed E-state index contributed by atoms with van der Waals surface area (Å²) in [7, 11) is 1.37. The minimum Gasteiger partial charge on any atom is -0.496 e. The van der Waals surface area contributed by atoms with Crippen LogP contribution in [-0.2, 0) is 20.9 Å². The Labute approximate surface area is 306 Å². The van der Waals surface area contributed by atoms with Gasteiger partial charge in [-0.25, -0.2) is 0 Å². The number of alkyl halides is 3. The molecule has 6 rings (SSSR count). The molecule has 12 heteroatoms. The number of esters is 1. The number of amides is 2. The third kappa shape index (κ3) is 7.71. The van der Waals surface area contributed by atoms with Gasteiger partial charge in [-0.1, -0.05) is 54.6 Å². The van der Waals surface area contributed by atoms with Crippen LogP contribution < -0.4 is 20.1 Å². The summed E-state index contributed by atoms with van der Waals surface area (Å²) < 4.78 is 58.0. The molecule has 2 amide bonds. The molecule has 2 fully saturated rings. The van der Waals surface area contributed by atoms with Gasteiger partial charge in [0.15, 0.2) is 0 Å². The molecule has 280 valence electrons. The molecule has 3 aliphatic rings. The van der Waals surface area contributed by atoms with E-state index in [2.05, 4.69) is 16.7 Å². The molecule has 0 heterocycles. The molecule has 2 bridgehead atoms. The van der Waals surface area contributed by atoms with Gasteiger partial charge < -0.3 is 24.8 Å². The Morgan fingerprint density at radius 2 is 1.68 bits per heavy atom. The van der Waals surface area contributed by atoms with Crippen LogP contribution in [0.4, 0.5) is 13.2 Å². The summed E-state index contributed by atoms with van der Waals surface area (Å²) in [6.45, 7) is 3.51. The van der Waals surface area contributed by atoms with Crippen LogP contribution in [0.25, 0.3) is 10.8 Å². The monoisotopic (exact) mass is 731 g/mol. The fraction of sp³-hybridized carbons (Fsp3) is 0.463. The van der Waals surface area contributed by atoms with Gasteiger partial charge in [0, 0.05) is 18.7 Å². The van der Waals surface area contributed by atoms with Gasteiger partial charge >= 0.3 is 12.1 Å². The number of halogens is 3. The summed E-state index contributed by atoms with van der Waals surface area (Å²) >= 11 is 0. The molecular formula is C41H44F3N3O6. The molecule has 2 saturated carbocycles. The van der Waals surface area contributed by atoms with E-state index in [9.17, 15) is 32.8 Å². The molecule has 0 unspecified atom stereocenters. The SMILES string of the molecule is COc1cc(C#N)c(O[C@H]2CC[C@@](C)(C(=O)OCc3cccc4ccccc34)CC2)cc1C(=O)N[C@H]1[C@@H](C(=O)NCC(C)(C)C(F)(F)F)[C@H]2C=C[C@@H]1C2. The van der Waals surface area contributed by atoms with Gasteiger partial charge in [-0.15, -0.1) is 0 Å². The van der Waals surface area contributed by atoms with Crippen LogP contribution in [0.5, 0.6) is 11.5 Å². The number of allylic oxidation sites excluding steroid dienone is 1. The first-order valence-corrected chi connectivity index (χ1v) is 17.9. The number of rotatable bonds is 11. The summed E-state index contributed by atoms with van der Waals surface area (Å²) in [4.78, 5) is 40.4. The van der Waals surface area contributed by atoms with E-state index < -0.39 is 47.3 Å². The Bertz CT molecular complexity index is 1950. The first kappa shape index (κ1) is 37.7.